The normalized spacial score (nSPS) is 20.7. The van der Waals surface area contributed by atoms with E-state index in [0.717, 1.165) is 6.42 Å². The molecule has 5 nitrogen and oxygen atoms in total. The SMILES string of the molecule is CN(C)C1(C(Cc2cnn(C)c2)NN)CCCCC1. The fourth-order valence-corrected chi connectivity index (χ4v) is 3.49. The van der Waals surface area contributed by atoms with E-state index in [-0.39, 0.29) is 11.6 Å². The zero-order valence-corrected chi connectivity index (χ0v) is 12.4. The second-order valence-corrected chi connectivity index (χ2v) is 6.00. The van der Waals surface area contributed by atoms with Gasteiger partial charge in [0.25, 0.3) is 0 Å². The van der Waals surface area contributed by atoms with Gasteiger partial charge in [0, 0.05) is 24.8 Å². The number of aromatic nitrogens is 2. The Labute approximate surface area is 116 Å². The second kappa shape index (κ2) is 6.03. The maximum atomic E-state index is 5.88. The highest BCUT2D eigenvalue weighted by atomic mass is 15.3. The molecule has 1 fully saturated rings. The summed E-state index contributed by atoms with van der Waals surface area (Å²) >= 11 is 0. The first-order valence-corrected chi connectivity index (χ1v) is 7.19. The van der Waals surface area contributed by atoms with Gasteiger partial charge in [-0.05, 0) is 38.9 Å². The summed E-state index contributed by atoms with van der Waals surface area (Å²) < 4.78 is 1.85. The first-order valence-electron chi connectivity index (χ1n) is 7.19. The van der Waals surface area contributed by atoms with E-state index in [1.54, 1.807) is 0 Å². The molecular formula is C14H27N5. The van der Waals surface area contributed by atoms with Gasteiger partial charge in [0.15, 0.2) is 0 Å². The third-order valence-electron chi connectivity index (χ3n) is 4.66. The number of hydrogen-bond donors (Lipinski definition) is 2. The Kier molecular flexibility index (Phi) is 4.60. The summed E-state index contributed by atoms with van der Waals surface area (Å²) in [6.07, 6.45) is 11.3. The molecule has 1 atom stereocenters. The maximum Gasteiger partial charge on any atom is 0.0522 e. The van der Waals surface area contributed by atoms with Gasteiger partial charge >= 0.3 is 0 Å². The van der Waals surface area contributed by atoms with E-state index in [1.165, 1.54) is 37.7 Å². The number of hydrazine groups is 1. The van der Waals surface area contributed by atoms with Crippen molar-refractivity contribution in [2.75, 3.05) is 14.1 Å². The highest BCUT2D eigenvalue weighted by Crippen LogP contribution is 2.36. The molecule has 0 spiro atoms. The number of nitrogens with zero attached hydrogens (tertiary/aromatic N) is 3. The summed E-state index contributed by atoms with van der Waals surface area (Å²) in [7, 11) is 6.31. The van der Waals surface area contributed by atoms with Crippen LogP contribution in [0.3, 0.4) is 0 Å². The van der Waals surface area contributed by atoms with Crippen molar-refractivity contribution in [3.63, 3.8) is 0 Å². The summed E-state index contributed by atoms with van der Waals surface area (Å²) in [5.41, 5.74) is 4.49. The molecule has 0 amide bonds. The summed E-state index contributed by atoms with van der Waals surface area (Å²) in [6.45, 7) is 0. The molecule has 1 aliphatic rings. The fraction of sp³-hybridized carbons (Fsp3) is 0.786. The van der Waals surface area contributed by atoms with E-state index in [2.05, 4.69) is 35.7 Å². The van der Waals surface area contributed by atoms with Gasteiger partial charge in [-0.2, -0.15) is 5.10 Å². The van der Waals surface area contributed by atoms with Crippen molar-refractivity contribution in [3.05, 3.63) is 18.0 Å². The predicted octanol–water partition coefficient (Wildman–Crippen LogP) is 1.06. The average molecular weight is 265 g/mol. The summed E-state index contributed by atoms with van der Waals surface area (Å²) in [5.74, 6) is 5.88. The van der Waals surface area contributed by atoms with Crippen molar-refractivity contribution in [2.45, 2.75) is 50.1 Å². The van der Waals surface area contributed by atoms with Gasteiger partial charge in [0.05, 0.1) is 6.20 Å². The molecular weight excluding hydrogens is 238 g/mol. The Morgan fingerprint density at radius 3 is 2.58 bits per heavy atom. The molecule has 0 aromatic carbocycles. The Balaban J connectivity index is 2.17. The zero-order chi connectivity index (χ0) is 13.9. The van der Waals surface area contributed by atoms with Crippen molar-refractivity contribution in [1.29, 1.82) is 0 Å². The molecule has 1 aromatic rings. The van der Waals surface area contributed by atoms with Gasteiger partial charge < -0.3 is 4.90 Å². The van der Waals surface area contributed by atoms with E-state index in [1.807, 2.05) is 17.9 Å². The topological polar surface area (TPSA) is 59.1 Å². The molecule has 0 aliphatic heterocycles. The van der Waals surface area contributed by atoms with Gasteiger partial charge in [-0.1, -0.05) is 19.3 Å². The molecule has 5 heteroatoms. The lowest BCUT2D eigenvalue weighted by Crippen LogP contribution is -2.62. The van der Waals surface area contributed by atoms with E-state index in [4.69, 9.17) is 5.84 Å². The summed E-state index contributed by atoms with van der Waals surface area (Å²) in [6, 6.07) is 0.270. The molecule has 1 aromatic heterocycles. The quantitative estimate of drug-likeness (QED) is 0.617. The first kappa shape index (κ1) is 14.5. The van der Waals surface area contributed by atoms with Gasteiger partial charge in [0.2, 0.25) is 0 Å². The van der Waals surface area contributed by atoms with Crippen LogP contribution in [0.2, 0.25) is 0 Å². The van der Waals surface area contributed by atoms with Crippen LogP contribution in [0, 0.1) is 0 Å². The van der Waals surface area contributed by atoms with Gasteiger partial charge in [0.1, 0.15) is 0 Å². The molecule has 19 heavy (non-hydrogen) atoms. The highest BCUT2D eigenvalue weighted by molar-refractivity contribution is 5.11. The predicted molar refractivity (Wildman–Crippen MR) is 77.5 cm³/mol. The minimum atomic E-state index is 0.169. The Morgan fingerprint density at radius 1 is 1.42 bits per heavy atom. The summed E-state index contributed by atoms with van der Waals surface area (Å²) in [5, 5.41) is 4.25. The van der Waals surface area contributed by atoms with Crippen LogP contribution in [-0.2, 0) is 13.5 Å². The first-order chi connectivity index (χ1) is 9.08. The minimum absolute atomic E-state index is 0.169. The molecule has 3 N–H and O–H groups in total. The molecule has 1 unspecified atom stereocenters. The van der Waals surface area contributed by atoms with E-state index in [0.29, 0.717) is 0 Å². The third kappa shape index (κ3) is 2.99. The van der Waals surface area contributed by atoms with Crippen LogP contribution in [0.5, 0.6) is 0 Å². The fourth-order valence-electron chi connectivity index (χ4n) is 3.49. The van der Waals surface area contributed by atoms with Crippen LogP contribution in [0.4, 0.5) is 0 Å². The van der Waals surface area contributed by atoms with Crippen molar-refractivity contribution in [3.8, 4) is 0 Å². The highest BCUT2D eigenvalue weighted by Gasteiger charge is 2.41. The molecule has 0 radical (unpaired) electrons. The van der Waals surface area contributed by atoms with Gasteiger partial charge in [-0.15, -0.1) is 0 Å². The molecule has 2 rings (SSSR count). The van der Waals surface area contributed by atoms with Crippen LogP contribution >= 0.6 is 0 Å². The minimum Gasteiger partial charge on any atom is -0.302 e. The lowest BCUT2D eigenvalue weighted by Gasteiger charge is -2.48. The van der Waals surface area contributed by atoms with Crippen LogP contribution in [0.1, 0.15) is 37.7 Å². The molecule has 1 heterocycles. The Bertz CT molecular complexity index is 392. The van der Waals surface area contributed by atoms with Crippen LogP contribution in [0.15, 0.2) is 12.4 Å². The monoisotopic (exact) mass is 265 g/mol. The van der Waals surface area contributed by atoms with E-state index in [9.17, 15) is 0 Å². The summed E-state index contributed by atoms with van der Waals surface area (Å²) in [4.78, 5) is 2.37. The standard InChI is InChI=1S/C14H27N5/c1-18(2)14(7-5-4-6-8-14)13(17-15)9-12-10-16-19(3)11-12/h10-11,13,17H,4-9,15H2,1-3H3. The van der Waals surface area contributed by atoms with Crippen molar-refractivity contribution < 1.29 is 0 Å². The van der Waals surface area contributed by atoms with Gasteiger partial charge in [-0.25, -0.2) is 0 Å². The number of hydrogen-bond acceptors (Lipinski definition) is 4. The van der Waals surface area contributed by atoms with E-state index >= 15 is 0 Å². The van der Waals surface area contributed by atoms with Gasteiger partial charge in [-0.3, -0.25) is 16.0 Å². The Hall–Kier alpha value is -0.910. The maximum absolute atomic E-state index is 5.88. The number of rotatable bonds is 5. The number of aryl methyl sites for hydroxylation is 1. The van der Waals surface area contributed by atoms with Crippen molar-refractivity contribution in [1.82, 2.24) is 20.1 Å². The van der Waals surface area contributed by atoms with E-state index < -0.39 is 0 Å². The Morgan fingerprint density at radius 2 is 2.11 bits per heavy atom. The molecule has 0 bridgehead atoms. The molecule has 1 aliphatic carbocycles. The number of nitrogens with one attached hydrogen (secondary N) is 1. The zero-order valence-electron chi connectivity index (χ0n) is 12.4. The van der Waals surface area contributed by atoms with Crippen LogP contribution in [0.25, 0.3) is 0 Å². The largest absolute Gasteiger partial charge is 0.302 e. The lowest BCUT2D eigenvalue weighted by atomic mass is 9.74. The smallest absolute Gasteiger partial charge is 0.0522 e. The van der Waals surface area contributed by atoms with Crippen molar-refractivity contribution in [2.24, 2.45) is 12.9 Å². The molecule has 108 valence electrons. The van der Waals surface area contributed by atoms with Crippen molar-refractivity contribution >= 4 is 0 Å². The lowest BCUT2D eigenvalue weighted by molar-refractivity contribution is 0.0569. The molecule has 0 saturated heterocycles. The molecule has 1 saturated carbocycles. The number of likely N-dealkylation sites (N-methyl/N-ethyl adjacent to an activating group) is 1. The van der Waals surface area contributed by atoms with Crippen LogP contribution in [-0.4, -0.2) is 40.4 Å². The second-order valence-electron chi connectivity index (χ2n) is 6.00. The van der Waals surface area contributed by atoms with Crippen LogP contribution < -0.4 is 11.3 Å². The number of nitrogens with two attached hydrogens (primary N) is 1. The average Bonchev–Trinajstić information content (AvgIpc) is 2.82. The third-order valence-corrected chi connectivity index (χ3v) is 4.66.